The minimum Gasteiger partial charge on any atom is -0.481 e. The van der Waals surface area contributed by atoms with Crippen LogP contribution in [0.25, 0.3) is 0 Å². The van der Waals surface area contributed by atoms with Crippen molar-refractivity contribution in [2.24, 2.45) is 0 Å². The van der Waals surface area contributed by atoms with Crippen molar-refractivity contribution in [3.05, 3.63) is 0 Å². The first-order chi connectivity index (χ1) is 8.82. The molecule has 2 N–H and O–H groups in total. The van der Waals surface area contributed by atoms with E-state index in [1.54, 1.807) is 21.0 Å². The van der Waals surface area contributed by atoms with E-state index in [2.05, 4.69) is 5.32 Å². The number of nitrogens with zero attached hydrogens (tertiary/aromatic N) is 2. The van der Waals surface area contributed by atoms with Gasteiger partial charge in [0.25, 0.3) is 0 Å². The summed E-state index contributed by atoms with van der Waals surface area (Å²) >= 11 is 0. The molecule has 3 amide bonds. The molecule has 0 aromatic heterocycles. The van der Waals surface area contributed by atoms with Crippen molar-refractivity contribution in [2.45, 2.75) is 38.3 Å². The van der Waals surface area contributed by atoms with Gasteiger partial charge in [0, 0.05) is 26.7 Å². The SMILES string of the molecule is CC(NC(=O)N1CCCC1CC(=O)O)C(=O)N(C)C. The maximum atomic E-state index is 12.0. The third-order valence-electron chi connectivity index (χ3n) is 3.20. The first-order valence-corrected chi connectivity index (χ1v) is 6.33. The highest BCUT2D eigenvalue weighted by Crippen LogP contribution is 2.20. The molecule has 1 aliphatic heterocycles. The lowest BCUT2D eigenvalue weighted by atomic mass is 10.1. The van der Waals surface area contributed by atoms with Gasteiger partial charge >= 0.3 is 12.0 Å². The summed E-state index contributed by atoms with van der Waals surface area (Å²) in [5, 5.41) is 11.4. The molecule has 0 spiro atoms. The molecule has 1 fully saturated rings. The van der Waals surface area contributed by atoms with Crippen LogP contribution in [-0.2, 0) is 9.59 Å². The van der Waals surface area contributed by atoms with E-state index in [-0.39, 0.29) is 24.4 Å². The van der Waals surface area contributed by atoms with Crippen molar-refractivity contribution in [1.29, 1.82) is 0 Å². The number of carboxylic acid groups (broad SMARTS) is 1. The minimum atomic E-state index is -0.915. The number of rotatable bonds is 4. The topological polar surface area (TPSA) is 90.0 Å². The van der Waals surface area contributed by atoms with E-state index in [1.165, 1.54) is 9.80 Å². The largest absolute Gasteiger partial charge is 0.481 e. The number of carboxylic acids is 1. The van der Waals surface area contributed by atoms with E-state index in [0.29, 0.717) is 13.0 Å². The fraction of sp³-hybridized carbons (Fsp3) is 0.750. The quantitative estimate of drug-likeness (QED) is 0.759. The Morgan fingerprint density at radius 3 is 2.58 bits per heavy atom. The summed E-state index contributed by atoms with van der Waals surface area (Å²) < 4.78 is 0. The fourth-order valence-electron chi connectivity index (χ4n) is 2.23. The van der Waals surface area contributed by atoms with Crippen molar-refractivity contribution in [3.63, 3.8) is 0 Å². The van der Waals surface area contributed by atoms with Gasteiger partial charge in [-0.1, -0.05) is 0 Å². The lowest BCUT2D eigenvalue weighted by molar-refractivity contribution is -0.138. The van der Waals surface area contributed by atoms with Crippen LogP contribution in [0, 0.1) is 0 Å². The van der Waals surface area contributed by atoms with Crippen LogP contribution in [0.5, 0.6) is 0 Å². The molecule has 1 heterocycles. The molecule has 0 aromatic carbocycles. The number of amides is 3. The van der Waals surface area contributed by atoms with Gasteiger partial charge in [-0.05, 0) is 19.8 Å². The Balaban J connectivity index is 2.57. The van der Waals surface area contributed by atoms with Gasteiger partial charge in [0.05, 0.1) is 6.42 Å². The molecule has 1 saturated heterocycles. The van der Waals surface area contributed by atoms with Gasteiger partial charge in [0.1, 0.15) is 6.04 Å². The van der Waals surface area contributed by atoms with Crippen molar-refractivity contribution in [3.8, 4) is 0 Å². The standard InChI is InChI=1S/C12H21N3O4/c1-8(11(18)14(2)3)13-12(19)15-6-4-5-9(15)7-10(16)17/h8-9H,4-7H2,1-3H3,(H,13,19)(H,16,17). The second-order valence-corrected chi connectivity index (χ2v) is 4.99. The van der Waals surface area contributed by atoms with Crippen LogP contribution in [0.15, 0.2) is 0 Å². The molecule has 0 saturated carbocycles. The van der Waals surface area contributed by atoms with Crippen LogP contribution in [0.2, 0.25) is 0 Å². The zero-order valence-electron chi connectivity index (χ0n) is 11.5. The molecule has 0 radical (unpaired) electrons. The molecule has 2 unspecified atom stereocenters. The van der Waals surface area contributed by atoms with Crippen molar-refractivity contribution < 1.29 is 19.5 Å². The molecule has 0 aliphatic carbocycles. The van der Waals surface area contributed by atoms with E-state index in [1.807, 2.05) is 0 Å². The molecule has 19 heavy (non-hydrogen) atoms. The highest BCUT2D eigenvalue weighted by Gasteiger charge is 2.31. The lowest BCUT2D eigenvalue weighted by Crippen LogP contribution is -2.51. The van der Waals surface area contributed by atoms with Crippen LogP contribution in [0.3, 0.4) is 0 Å². The van der Waals surface area contributed by atoms with Gasteiger partial charge in [-0.3, -0.25) is 9.59 Å². The summed E-state index contributed by atoms with van der Waals surface area (Å²) in [5.41, 5.74) is 0. The number of hydrogen-bond donors (Lipinski definition) is 2. The van der Waals surface area contributed by atoms with E-state index in [4.69, 9.17) is 5.11 Å². The molecule has 1 aliphatic rings. The van der Waals surface area contributed by atoms with Crippen LogP contribution < -0.4 is 5.32 Å². The van der Waals surface area contributed by atoms with Crippen LogP contribution in [-0.4, -0.2) is 65.5 Å². The predicted octanol–water partition coefficient (Wildman–Crippen LogP) is 0.112. The van der Waals surface area contributed by atoms with E-state index in [9.17, 15) is 14.4 Å². The van der Waals surface area contributed by atoms with E-state index >= 15 is 0 Å². The molecule has 108 valence electrons. The second kappa shape index (κ2) is 6.40. The van der Waals surface area contributed by atoms with E-state index < -0.39 is 12.0 Å². The lowest BCUT2D eigenvalue weighted by Gasteiger charge is -2.26. The highest BCUT2D eigenvalue weighted by molar-refractivity contribution is 5.86. The van der Waals surface area contributed by atoms with Gasteiger partial charge in [-0.25, -0.2) is 4.79 Å². The Kier molecular flexibility index (Phi) is 5.14. The molecule has 0 aromatic rings. The number of likely N-dealkylation sites (N-methyl/N-ethyl adjacent to an activating group) is 1. The molecule has 7 nitrogen and oxygen atoms in total. The fourth-order valence-corrected chi connectivity index (χ4v) is 2.23. The third kappa shape index (κ3) is 4.11. The van der Waals surface area contributed by atoms with Crippen molar-refractivity contribution in [2.75, 3.05) is 20.6 Å². The maximum absolute atomic E-state index is 12.0. The summed E-state index contributed by atoms with van der Waals surface area (Å²) in [7, 11) is 3.24. The number of urea groups is 1. The van der Waals surface area contributed by atoms with Gasteiger partial charge < -0.3 is 20.2 Å². The molecular formula is C12H21N3O4. The first kappa shape index (κ1) is 15.3. The maximum Gasteiger partial charge on any atom is 0.318 e. The summed E-state index contributed by atoms with van der Waals surface area (Å²) in [5.74, 6) is -1.11. The molecule has 1 rings (SSSR count). The highest BCUT2D eigenvalue weighted by atomic mass is 16.4. The predicted molar refractivity (Wildman–Crippen MR) is 68.7 cm³/mol. The van der Waals surface area contributed by atoms with Crippen LogP contribution in [0.1, 0.15) is 26.2 Å². The summed E-state index contributed by atoms with van der Waals surface area (Å²) in [6.07, 6.45) is 1.43. The summed E-state index contributed by atoms with van der Waals surface area (Å²) in [6.45, 7) is 2.15. The Bertz CT molecular complexity index is 370. The number of hydrogen-bond acceptors (Lipinski definition) is 3. The molecule has 2 atom stereocenters. The second-order valence-electron chi connectivity index (χ2n) is 4.99. The van der Waals surface area contributed by atoms with E-state index in [0.717, 1.165) is 6.42 Å². The monoisotopic (exact) mass is 271 g/mol. The number of likely N-dealkylation sites (tertiary alicyclic amines) is 1. The normalized spacial score (nSPS) is 19.9. The Labute approximate surface area is 112 Å². The number of aliphatic carboxylic acids is 1. The molecule has 0 bridgehead atoms. The first-order valence-electron chi connectivity index (χ1n) is 6.33. The van der Waals surface area contributed by atoms with Crippen LogP contribution in [0.4, 0.5) is 4.79 Å². The average molecular weight is 271 g/mol. The molecule has 7 heteroatoms. The zero-order chi connectivity index (χ0) is 14.6. The number of carbonyl (C=O) groups excluding carboxylic acids is 2. The van der Waals surface area contributed by atoms with Crippen molar-refractivity contribution >= 4 is 17.9 Å². The smallest absolute Gasteiger partial charge is 0.318 e. The molecular weight excluding hydrogens is 250 g/mol. The van der Waals surface area contributed by atoms with Gasteiger partial charge in [0.2, 0.25) is 5.91 Å². The third-order valence-corrected chi connectivity index (χ3v) is 3.20. The Morgan fingerprint density at radius 2 is 2.05 bits per heavy atom. The number of carbonyl (C=O) groups is 3. The Hall–Kier alpha value is -1.79. The summed E-state index contributed by atoms with van der Waals surface area (Å²) in [6, 6.07) is -1.26. The van der Waals surface area contributed by atoms with Gasteiger partial charge in [0.15, 0.2) is 0 Å². The van der Waals surface area contributed by atoms with Gasteiger partial charge in [-0.15, -0.1) is 0 Å². The minimum absolute atomic E-state index is 0.0522. The summed E-state index contributed by atoms with van der Waals surface area (Å²) in [4.78, 5) is 37.3. The van der Waals surface area contributed by atoms with Crippen molar-refractivity contribution in [1.82, 2.24) is 15.1 Å². The Morgan fingerprint density at radius 1 is 1.42 bits per heavy atom. The van der Waals surface area contributed by atoms with Crippen LogP contribution >= 0.6 is 0 Å². The number of nitrogens with one attached hydrogen (secondary N) is 1. The average Bonchev–Trinajstić information content (AvgIpc) is 2.74. The zero-order valence-corrected chi connectivity index (χ0v) is 11.5. The van der Waals surface area contributed by atoms with Gasteiger partial charge in [-0.2, -0.15) is 0 Å².